The predicted molar refractivity (Wildman–Crippen MR) is 146 cm³/mol. The van der Waals surface area contributed by atoms with Crippen molar-refractivity contribution in [3.8, 4) is 6.07 Å². The number of rotatable bonds is 7. The molecule has 0 fully saturated rings. The lowest BCUT2D eigenvalue weighted by atomic mass is 10.1. The van der Waals surface area contributed by atoms with Gasteiger partial charge in [-0.25, -0.2) is 0 Å². The van der Waals surface area contributed by atoms with E-state index in [0.717, 1.165) is 11.1 Å². The summed E-state index contributed by atoms with van der Waals surface area (Å²) in [5, 5.41) is 39.1. The van der Waals surface area contributed by atoms with Gasteiger partial charge >= 0.3 is 5.97 Å². The molecule has 13 heteroatoms. The third-order valence-electron chi connectivity index (χ3n) is 4.78. The van der Waals surface area contributed by atoms with Crippen molar-refractivity contribution in [2.75, 3.05) is 0 Å². The number of hydrogen-bond acceptors (Lipinski definition) is 10. The van der Waals surface area contributed by atoms with Gasteiger partial charge in [-0.2, -0.15) is 5.26 Å². The minimum absolute atomic E-state index is 0.00370. The van der Waals surface area contributed by atoms with Crippen LogP contribution in [0.3, 0.4) is 0 Å². The Morgan fingerprint density at radius 1 is 0.775 bits per heavy atom. The summed E-state index contributed by atoms with van der Waals surface area (Å²) in [7, 11) is 0. The van der Waals surface area contributed by atoms with Gasteiger partial charge in [0, 0.05) is 49.4 Å². The largest absolute Gasteiger partial charge is 0.460 e. The average Bonchev–Trinajstić information content (AvgIpc) is 2.92. The monoisotopic (exact) mass is 551 g/mol. The van der Waals surface area contributed by atoms with Gasteiger partial charge in [0.1, 0.15) is 5.60 Å². The van der Waals surface area contributed by atoms with E-state index in [1.165, 1.54) is 48.5 Å². The molecule has 210 valence electrons. The van der Waals surface area contributed by atoms with E-state index in [0.29, 0.717) is 18.5 Å². The highest BCUT2D eigenvalue weighted by Crippen LogP contribution is 2.15. The molecular formula is C27H29N5O8. The molecule has 0 heterocycles. The van der Waals surface area contributed by atoms with Crippen molar-refractivity contribution in [2.24, 2.45) is 5.73 Å². The number of esters is 1. The third-order valence-corrected chi connectivity index (χ3v) is 4.78. The fourth-order valence-electron chi connectivity index (χ4n) is 2.83. The second-order valence-electron chi connectivity index (χ2n) is 9.05. The molecule has 0 aliphatic carbocycles. The van der Waals surface area contributed by atoms with E-state index in [1.807, 2.05) is 26.8 Å². The minimum Gasteiger partial charge on any atom is -0.460 e. The molecule has 0 atom stereocenters. The number of aryl methyl sites for hydroxylation is 1. The molecule has 0 spiro atoms. The molecule has 0 amide bonds. The average molecular weight is 552 g/mol. The summed E-state index contributed by atoms with van der Waals surface area (Å²) in [5.74, 6) is -0.263. The number of benzene rings is 3. The number of nitro benzene ring substituents is 3. The Morgan fingerprint density at radius 2 is 1.15 bits per heavy atom. The fourth-order valence-corrected chi connectivity index (χ4v) is 2.83. The Morgan fingerprint density at radius 3 is 1.48 bits per heavy atom. The summed E-state index contributed by atoms with van der Waals surface area (Å²) in [6.45, 7) is 5.86. The summed E-state index contributed by atoms with van der Waals surface area (Å²) in [4.78, 5) is 40.9. The molecule has 3 aromatic rings. The Kier molecular flexibility index (Phi) is 13.0. The summed E-state index contributed by atoms with van der Waals surface area (Å²) < 4.78 is 5.17. The van der Waals surface area contributed by atoms with Crippen LogP contribution in [0.1, 0.15) is 43.9 Å². The van der Waals surface area contributed by atoms with Crippen LogP contribution in [-0.2, 0) is 22.5 Å². The second-order valence-corrected chi connectivity index (χ2v) is 9.05. The van der Waals surface area contributed by atoms with Gasteiger partial charge in [-0.3, -0.25) is 35.1 Å². The van der Waals surface area contributed by atoms with E-state index in [2.05, 4.69) is 0 Å². The second kappa shape index (κ2) is 15.9. The molecular weight excluding hydrogens is 522 g/mol. The highest BCUT2D eigenvalue weighted by molar-refractivity contribution is 5.70. The van der Waals surface area contributed by atoms with Gasteiger partial charge < -0.3 is 10.5 Å². The minimum atomic E-state index is -0.499. The molecule has 0 aliphatic heterocycles. The maximum Gasteiger partial charge on any atom is 0.306 e. The number of nitrogens with two attached hydrogens (primary N) is 1. The number of ether oxygens (including phenoxy) is 1. The molecule has 0 saturated carbocycles. The number of nitro groups is 3. The SMILES string of the molecule is CC(C)(C)OC(=O)CCc1ccc([N+](=O)[O-])cc1.N#Cc1ccc([N+](=O)[O-])cc1.NCc1ccc([N+](=O)[O-])cc1. The van der Waals surface area contributed by atoms with Crippen LogP contribution in [0.2, 0.25) is 0 Å². The van der Waals surface area contributed by atoms with E-state index in [4.69, 9.17) is 15.7 Å². The summed E-state index contributed by atoms with van der Waals surface area (Å²) >= 11 is 0. The highest BCUT2D eigenvalue weighted by Gasteiger charge is 2.16. The van der Waals surface area contributed by atoms with Crippen molar-refractivity contribution in [1.82, 2.24) is 0 Å². The normalized spacial score (nSPS) is 9.97. The lowest BCUT2D eigenvalue weighted by molar-refractivity contribution is -0.385. The lowest BCUT2D eigenvalue weighted by Gasteiger charge is -2.19. The molecule has 3 aromatic carbocycles. The van der Waals surface area contributed by atoms with Crippen molar-refractivity contribution in [1.29, 1.82) is 5.26 Å². The third kappa shape index (κ3) is 12.8. The maximum atomic E-state index is 11.5. The zero-order chi connectivity index (χ0) is 30.3. The van der Waals surface area contributed by atoms with Crippen LogP contribution in [0, 0.1) is 41.7 Å². The maximum absolute atomic E-state index is 11.5. The lowest BCUT2D eigenvalue weighted by Crippen LogP contribution is -2.23. The van der Waals surface area contributed by atoms with Crippen LogP contribution in [-0.4, -0.2) is 26.3 Å². The van der Waals surface area contributed by atoms with E-state index in [-0.39, 0.29) is 29.5 Å². The highest BCUT2D eigenvalue weighted by atomic mass is 16.6. The van der Waals surface area contributed by atoms with Crippen LogP contribution >= 0.6 is 0 Å². The van der Waals surface area contributed by atoms with Gasteiger partial charge in [0.25, 0.3) is 17.1 Å². The van der Waals surface area contributed by atoms with Crippen LogP contribution in [0.4, 0.5) is 17.1 Å². The molecule has 0 radical (unpaired) electrons. The van der Waals surface area contributed by atoms with E-state index < -0.39 is 20.4 Å². The summed E-state index contributed by atoms with van der Waals surface area (Å²) in [6.07, 6.45) is 0.794. The molecule has 13 nitrogen and oxygen atoms in total. The zero-order valence-corrected chi connectivity index (χ0v) is 22.2. The van der Waals surface area contributed by atoms with Crippen molar-refractivity contribution in [3.63, 3.8) is 0 Å². The van der Waals surface area contributed by atoms with Gasteiger partial charge in [0.15, 0.2) is 0 Å². The Balaban J connectivity index is 0.000000315. The van der Waals surface area contributed by atoms with E-state index >= 15 is 0 Å². The molecule has 3 rings (SSSR count). The molecule has 0 aliphatic rings. The fraction of sp³-hybridized carbons (Fsp3) is 0.259. The van der Waals surface area contributed by atoms with Crippen LogP contribution in [0.25, 0.3) is 0 Å². The molecule has 40 heavy (non-hydrogen) atoms. The van der Waals surface area contributed by atoms with Gasteiger partial charge in [0.05, 0.1) is 26.4 Å². The first-order valence-corrected chi connectivity index (χ1v) is 11.8. The number of nitriles is 1. The van der Waals surface area contributed by atoms with Gasteiger partial charge in [-0.15, -0.1) is 0 Å². The summed E-state index contributed by atoms with van der Waals surface area (Å²) in [6, 6.07) is 19.7. The number of nitrogens with zero attached hydrogens (tertiary/aromatic N) is 4. The Labute approximate surface area is 230 Å². The molecule has 0 bridgehead atoms. The van der Waals surface area contributed by atoms with E-state index in [9.17, 15) is 35.1 Å². The van der Waals surface area contributed by atoms with Gasteiger partial charge in [-0.05, 0) is 50.5 Å². The number of carbonyl (C=O) groups is 1. The molecule has 2 N–H and O–H groups in total. The number of non-ortho nitro benzene ring substituents is 3. The quantitative estimate of drug-likeness (QED) is 0.225. The predicted octanol–water partition coefficient (Wildman–Crippen LogP) is 5.39. The van der Waals surface area contributed by atoms with Crippen molar-refractivity contribution in [2.45, 2.75) is 45.8 Å². The molecule has 0 saturated heterocycles. The zero-order valence-electron chi connectivity index (χ0n) is 22.2. The number of carbonyl (C=O) groups excluding carboxylic acids is 1. The first-order chi connectivity index (χ1) is 18.7. The number of hydrogen-bond donors (Lipinski definition) is 1. The smallest absolute Gasteiger partial charge is 0.306 e. The van der Waals surface area contributed by atoms with Crippen molar-refractivity contribution in [3.05, 3.63) is 120 Å². The first kappa shape index (κ1) is 32.8. The van der Waals surface area contributed by atoms with Crippen molar-refractivity contribution >= 4 is 23.0 Å². The van der Waals surface area contributed by atoms with E-state index in [1.54, 1.807) is 24.3 Å². The Bertz CT molecular complexity index is 1330. The molecule has 0 unspecified atom stereocenters. The molecule has 0 aromatic heterocycles. The van der Waals surface area contributed by atoms with Gasteiger partial charge in [0.2, 0.25) is 0 Å². The standard InChI is InChI=1S/C13H17NO4.C7H8N2O2.C7H4N2O2/c1-13(2,3)18-12(15)9-6-10-4-7-11(8-5-10)14(16)17;2*8-5-6-1-3-7(4-2-6)9(10)11/h4-5,7-8H,6,9H2,1-3H3;1-4H,5,8H2;1-4H. The Hall–Kier alpha value is -5.22. The van der Waals surface area contributed by atoms with Crippen LogP contribution < -0.4 is 5.73 Å². The first-order valence-electron chi connectivity index (χ1n) is 11.8. The van der Waals surface area contributed by atoms with Crippen molar-refractivity contribution < 1.29 is 24.3 Å². The van der Waals surface area contributed by atoms with Crippen LogP contribution in [0.5, 0.6) is 0 Å². The summed E-state index contributed by atoms with van der Waals surface area (Å²) in [5.41, 5.74) is 7.19. The topological polar surface area (TPSA) is 206 Å². The van der Waals surface area contributed by atoms with Crippen LogP contribution in [0.15, 0.2) is 72.8 Å². The van der Waals surface area contributed by atoms with Gasteiger partial charge in [-0.1, -0.05) is 24.3 Å².